The van der Waals surface area contributed by atoms with Gasteiger partial charge in [-0.25, -0.2) is 0 Å². The molecule has 0 aromatic rings. The monoisotopic (exact) mass is 634 g/mol. The number of allylic oxidation sites excluding steroid dienone is 4. The Hall–Kier alpha value is -0.640. The Balaban J connectivity index is 3.51. The quantitative estimate of drug-likeness (QED) is 0.0499. The molecule has 0 fully saturated rings. The van der Waals surface area contributed by atoms with Gasteiger partial charge in [-0.05, 0) is 84.7 Å². The van der Waals surface area contributed by atoms with Gasteiger partial charge in [-0.2, -0.15) is 0 Å². The zero-order valence-corrected chi connectivity index (χ0v) is 31.5. The number of nitrogens with zero attached hydrogens (tertiary/aromatic N) is 1. The number of likely N-dealkylation sites (N-methyl/N-ethyl adjacent to an activating group) is 1. The predicted molar refractivity (Wildman–Crippen MR) is 203 cm³/mol. The standard InChI is InChI=1S/C42H83NO2/c1-5-7-9-11-13-15-17-19-21-23-25-27-29-31-33-35-38-44-40-37-42(41-43(3)4)45-39-36-34-32-30-28-26-24-22-20-18-16-14-12-10-8-6-2/h19-22,42H,5-18,23-41H2,1-4H3/b21-19-,22-20-. The van der Waals surface area contributed by atoms with Crippen LogP contribution in [0.3, 0.4) is 0 Å². The first-order valence-corrected chi connectivity index (χ1v) is 20.3. The molecule has 1 unspecified atom stereocenters. The van der Waals surface area contributed by atoms with Gasteiger partial charge >= 0.3 is 0 Å². The fraction of sp³-hybridized carbons (Fsp3) is 0.905. The van der Waals surface area contributed by atoms with Gasteiger partial charge in [-0.1, -0.05) is 154 Å². The lowest BCUT2D eigenvalue weighted by molar-refractivity contribution is 0.00628. The number of rotatable bonds is 38. The number of hydrogen-bond acceptors (Lipinski definition) is 3. The molecule has 0 aliphatic heterocycles. The molecule has 0 saturated heterocycles. The molecule has 0 N–H and O–H groups in total. The van der Waals surface area contributed by atoms with E-state index in [2.05, 4.69) is 57.1 Å². The first kappa shape index (κ1) is 44.4. The smallest absolute Gasteiger partial charge is 0.0723 e. The lowest BCUT2D eigenvalue weighted by Gasteiger charge is -2.21. The van der Waals surface area contributed by atoms with Crippen molar-refractivity contribution in [3.8, 4) is 0 Å². The lowest BCUT2D eigenvalue weighted by atomic mass is 10.1. The van der Waals surface area contributed by atoms with Gasteiger partial charge in [-0.3, -0.25) is 0 Å². The van der Waals surface area contributed by atoms with Crippen LogP contribution >= 0.6 is 0 Å². The van der Waals surface area contributed by atoms with Crippen molar-refractivity contribution < 1.29 is 9.47 Å². The lowest BCUT2D eigenvalue weighted by Crippen LogP contribution is -2.30. The molecule has 0 aliphatic rings. The second-order valence-corrected chi connectivity index (χ2v) is 14.0. The van der Waals surface area contributed by atoms with Crippen molar-refractivity contribution in [3.05, 3.63) is 24.3 Å². The van der Waals surface area contributed by atoms with Crippen LogP contribution in [-0.2, 0) is 9.47 Å². The van der Waals surface area contributed by atoms with Gasteiger partial charge in [0, 0.05) is 26.4 Å². The van der Waals surface area contributed by atoms with Crippen molar-refractivity contribution >= 4 is 0 Å². The summed E-state index contributed by atoms with van der Waals surface area (Å²) in [6, 6.07) is 0. The van der Waals surface area contributed by atoms with Crippen LogP contribution in [0.15, 0.2) is 24.3 Å². The van der Waals surface area contributed by atoms with Gasteiger partial charge < -0.3 is 14.4 Å². The van der Waals surface area contributed by atoms with Crippen LogP contribution in [0.25, 0.3) is 0 Å². The Bertz CT molecular complexity index is 587. The molecule has 0 saturated carbocycles. The second-order valence-electron chi connectivity index (χ2n) is 14.0. The topological polar surface area (TPSA) is 21.7 Å². The van der Waals surface area contributed by atoms with E-state index < -0.39 is 0 Å². The molecule has 0 spiro atoms. The van der Waals surface area contributed by atoms with Crippen molar-refractivity contribution in [2.75, 3.05) is 40.5 Å². The highest BCUT2D eigenvalue weighted by molar-refractivity contribution is 4.82. The Morgan fingerprint density at radius 1 is 0.422 bits per heavy atom. The van der Waals surface area contributed by atoms with Crippen LogP contribution in [0.1, 0.15) is 200 Å². The van der Waals surface area contributed by atoms with E-state index in [-0.39, 0.29) is 0 Å². The normalized spacial score (nSPS) is 12.8. The molecule has 0 heterocycles. The highest BCUT2D eigenvalue weighted by Gasteiger charge is 2.10. The summed E-state index contributed by atoms with van der Waals surface area (Å²) in [5.41, 5.74) is 0. The number of hydrogen-bond donors (Lipinski definition) is 0. The summed E-state index contributed by atoms with van der Waals surface area (Å²) in [6.07, 6.45) is 48.8. The fourth-order valence-corrected chi connectivity index (χ4v) is 6.00. The van der Waals surface area contributed by atoms with E-state index in [9.17, 15) is 0 Å². The van der Waals surface area contributed by atoms with E-state index in [0.29, 0.717) is 6.10 Å². The Labute approximate surface area is 284 Å². The molecule has 1 atom stereocenters. The molecule has 0 aromatic carbocycles. The molecule has 0 radical (unpaired) electrons. The summed E-state index contributed by atoms with van der Waals surface area (Å²) in [7, 11) is 4.29. The molecule has 0 aliphatic carbocycles. The third kappa shape index (κ3) is 39.5. The minimum absolute atomic E-state index is 0.294. The minimum Gasteiger partial charge on any atom is -0.381 e. The zero-order valence-electron chi connectivity index (χ0n) is 31.5. The van der Waals surface area contributed by atoms with E-state index >= 15 is 0 Å². The van der Waals surface area contributed by atoms with E-state index in [1.54, 1.807) is 0 Å². The van der Waals surface area contributed by atoms with Crippen molar-refractivity contribution in [1.82, 2.24) is 4.90 Å². The van der Waals surface area contributed by atoms with E-state index in [1.807, 2.05) is 0 Å². The molecule has 0 amide bonds. The predicted octanol–water partition coefficient (Wildman–Crippen LogP) is 13.4. The van der Waals surface area contributed by atoms with E-state index in [1.165, 1.54) is 180 Å². The third-order valence-electron chi connectivity index (χ3n) is 8.96. The summed E-state index contributed by atoms with van der Waals surface area (Å²) in [4.78, 5) is 2.25. The van der Waals surface area contributed by atoms with Gasteiger partial charge in [0.25, 0.3) is 0 Å². The molecule has 0 rings (SSSR count). The highest BCUT2D eigenvalue weighted by Crippen LogP contribution is 2.12. The highest BCUT2D eigenvalue weighted by atomic mass is 16.5. The Morgan fingerprint density at radius 2 is 0.778 bits per heavy atom. The second kappa shape index (κ2) is 39.5. The first-order chi connectivity index (χ1) is 22.2. The first-order valence-electron chi connectivity index (χ1n) is 20.3. The molecular formula is C42H83NO2. The minimum atomic E-state index is 0.294. The maximum Gasteiger partial charge on any atom is 0.0723 e. The maximum atomic E-state index is 6.27. The van der Waals surface area contributed by atoms with Crippen LogP contribution in [0, 0.1) is 0 Å². The molecule has 0 bridgehead atoms. The molecular weight excluding hydrogens is 550 g/mol. The van der Waals surface area contributed by atoms with Gasteiger partial charge in [0.05, 0.1) is 6.10 Å². The van der Waals surface area contributed by atoms with E-state index in [0.717, 1.165) is 32.8 Å². The van der Waals surface area contributed by atoms with Crippen molar-refractivity contribution in [2.24, 2.45) is 0 Å². The fourth-order valence-electron chi connectivity index (χ4n) is 6.00. The van der Waals surface area contributed by atoms with Crippen molar-refractivity contribution in [1.29, 1.82) is 0 Å². The maximum absolute atomic E-state index is 6.27. The Morgan fingerprint density at radius 3 is 1.18 bits per heavy atom. The van der Waals surface area contributed by atoms with Crippen molar-refractivity contribution in [3.63, 3.8) is 0 Å². The number of unbranched alkanes of at least 4 members (excludes halogenated alkanes) is 24. The Kier molecular flexibility index (Phi) is 39.0. The zero-order chi connectivity index (χ0) is 32.7. The summed E-state index contributed by atoms with van der Waals surface area (Å²) >= 11 is 0. The summed E-state index contributed by atoms with van der Waals surface area (Å²) < 4.78 is 12.3. The van der Waals surface area contributed by atoms with Gasteiger partial charge in [0.2, 0.25) is 0 Å². The largest absolute Gasteiger partial charge is 0.381 e. The van der Waals surface area contributed by atoms with Crippen molar-refractivity contribution in [2.45, 2.75) is 206 Å². The van der Waals surface area contributed by atoms with Gasteiger partial charge in [0.1, 0.15) is 0 Å². The molecule has 3 heteroatoms. The third-order valence-corrected chi connectivity index (χ3v) is 8.96. The average Bonchev–Trinajstić information content (AvgIpc) is 3.03. The van der Waals surface area contributed by atoms with Gasteiger partial charge in [0.15, 0.2) is 0 Å². The molecule has 3 nitrogen and oxygen atoms in total. The van der Waals surface area contributed by atoms with Crippen LogP contribution in [-0.4, -0.2) is 51.5 Å². The van der Waals surface area contributed by atoms with Gasteiger partial charge in [-0.15, -0.1) is 0 Å². The van der Waals surface area contributed by atoms with Crippen LogP contribution in [0.4, 0.5) is 0 Å². The van der Waals surface area contributed by atoms with E-state index in [4.69, 9.17) is 9.47 Å². The summed E-state index contributed by atoms with van der Waals surface area (Å²) in [5, 5.41) is 0. The molecule has 268 valence electrons. The average molecular weight is 634 g/mol. The SMILES string of the molecule is CCCCCCCC/C=C\CCCCCCCCOCCC(CN(C)C)OCCCCCCCC/C=C\CCCCCCCC. The van der Waals surface area contributed by atoms with Crippen LogP contribution in [0.2, 0.25) is 0 Å². The van der Waals surface area contributed by atoms with Crippen LogP contribution in [0.5, 0.6) is 0 Å². The molecule has 0 aromatic heterocycles. The van der Waals surface area contributed by atoms with Crippen LogP contribution < -0.4 is 0 Å². The summed E-state index contributed by atoms with van der Waals surface area (Å²) in [6.45, 7) is 8.21. The number of ether oxygens (including phenoxy) is 2. The summed E-state index contributed by atoms with van der Waals surface area (Å²) in [5.74, 6) is 0. The molecule has 45 heavy (non-hydrogen) atoms.